The fraction of sp³-hybridized carbons (Fsp3) is 0.188. The number of carbonyl (C=O) groups excluding carboxylic acids is 1. The van der Waals surface area contributed by atoms with Gasteiger partial charge >= 0.3 is 0 Å². The molecule has 0 heterocycles. The van der Waals surface area contributed by atoms with Gasteiger partial charge < -0.3 is 14.8 Å². The topological polar surface area (TPSA) is 90.7 Å². The van der Waals surface area contributed by atoms with E-state index in [4.69, 9.17) is 21.1 Å². The minimum Gasteiger partial charge on any atom is -0.494 e. The van der Waals surface area contributed by atoms with E-state index in [1.165, 1.54) is 12.1 Å². The van der Waals surface area contributed by atoms with Crippen molar-refractivity contribution in [1.29, 1.82) is 0 Å². The maximum atomic E-state index is 12.0. The van der Waals surface area contributed by atoms with E-state index in [0.717, 1.165) is 0 Å². The highest BCUT2D eigenvalue weighted by molar-refractivity contribution is 9.10. The van der Waals surface area contributed by atoms with Gasteiger partial charge in [-0.1, -0.05) is 11.6 Å². The SMILES string of the molecule is CCOc1ccc(NC(=O)COc2ccc(Cl)cc2Br)c([N+](=O)[O-])c1. The first-order valence-corrected chi connectivity index (χ1v) is 8.36. The summed E-state index contributed by atoms with van der Waals surface area (Å²) in [4.78, 5) is 22.6. The van der Waals surface area contributed by atoms with Crippen LogP contribution < -0.4 is 14.8 Å². The molecule has 132 valence electrons. The second-order valence-electron chi connectivity index (χ2n) is 4.78. The minimum atomic E-state index is -0.589. The third-order valence-electron chi connectivity index (χ3n) is 3.00. The fourth-order valence-electron chi connectivity index (χ4n) is 1.95. The Morgan fingerprint density at radius 1 is 1.28 bits per heavy atom. The molecule has 0 unspecified atom stereocenters. The lowest BCUT2D eigenvalue weighted by molar-refractivity contribution is -0.384. The number of hydrogen-bond donors (Lipinski definition) is 1. The van der Waals surface area contributed by atoms with Gasteiger partial charge in [0.2, 0.25) is 0 Å². The van der Waals surface area contributed by atoms with Gasteiger partial charge in [-0.2, -0.15) is 0 Å². The highest BCUT2D eigenvalue weighted by Gasteiger charge is 2.17. The predicted molar refractivity (Wildman–Crippen MR) is 97.5 cm³/mol. The van der Waals surface area contributed by atoms with Crippen molar-refractivity contribution in [2.75, 3.05) is 18.5 Å². The zero-order valence-corrected chi connectivity index (χ0v) is 15.5. The lowest BCUT2D eigenvalue weighted by atomic mass is 10.2. The smallest absolute Gasteiger partial charge is 0.296 e. The normalized spacial score (nSPS) is 10.2. The monoisotopic (exact) mass is 428 g/mol. The molecule has 1 N–H and O–H groups in total. The van der Waals surface area contributed by atoms with Crippen molar-refractivity contribution in [3.05, 3.63) is 56.0 Å². The van der Waals surface area contributed by atoms with Gasteiger partial charge in [0.15, 0.2) is 6.61 Å². The molecule has 9 heteroatoms. The van der Waals surface area contributed by atoms with E-state index in [9.17, 15) is 14.9 Å². The number of ether oxygens (including phenoxy) is 2. The Hall–Kier alpha value is -2.32. The van der Waals surface area contributed by atoms with Gasteiger partial charge in [0, 0.05) is 5.02 Å². The number of nitrogens with zero attached hydrogens (tertiary/aromatic N) is 1. The Bertz CT molecular complexity index is 800. The van der Waals surface area contributed by atoms with E-state index >= 15 is 0 Å². The Kier molecular flexibility index (Phi) is 6.60. The fourth-order valence-corrected chi connectivity index (χ4v) is 2.74. The summed E-state index contributed by atoms with van der Waals surface area (Å²) in [7, 11) is 0. The number of carbonyl (C=O) groups is 1. The summed E-state index contributed by atoms with van der Waals surface area (Å²) in [5.74, 6) is 0.253. The molecule has 2 aromatic rings. The molecule has 0 spiro atoms. The highest BCUT2D eigenvalue weighted by Crippen LogP contribution is 2.30. The van der Waals surface area contributed by atoms with Crippen molar-refractivity contribution in [1.82, 2.24) is 0 Å². The van der Waals surface area contributed by atoms with Crippen LogP contribution in [0.1, 0.15) is 6.92 Å². The van der Waals surface area contributed by atoms with Crippen molar-refractivity contribution in [2.45, 2.75) is 6.92 Å². The summed E-state index contributed by atoms with van der Waals surface area (Å²) in [6.07, 6.45) is 0. The molecule has 0 fully saturated rings. The molecule has 0 aliphatic heterocycles. The quantitative estimate of drug-likeness (QED) is 0.519. The van der Waals surface area contributed by atoms with Crippen LogP contribution in [-0.2, 0) is 4.79 Å². The van der Waals surface area contributed by atoms with Gasteiger partial charge in [-0.15, -0.1) is 0 Å². The van der Waals surface area contributed by atoms with Crippen LogP contribution in [0.15, 0.2) is 40.9 Å². The van der Waals surface area contributed by atoms with E-state index < -0.39 is 10.8 Å². The average molecular weight is 430 g/mol. The van der Waals surface area contributed by atoms with Crippen LogP contribution in [-0.4, -0.2) is 24.0 Å². The van der Waals surface area contributed by atoms with E-state index in [2.05, 4.69) is 21.2 Å². The summed E-state index contributed by atoms with van der Waals surface area (Å²) in [5, 5.41) is 14.1. The van der Waals surface area contributed by atoms with Gasteiger partial charge in [-0.25, -0.2) is 0 Å². The predicted octanol–water partition coefficient (Wildman–Crippen LogP) is 4.43. The maximum absolute atomic E-state index is 12.0. The molecule has 0 aliphatic carbocycles. The second-order valence-corrected chi connectivity index (χ2v) is 6.07. The molecule has 0 saturated heterocycles. The molecule has 0 radical (unpaired) electrons. The molecule has 25 heavy (non-hydrogen) atoms. The molecule has 0 aromatic heterocycles. The summed E-state index contributed by atoms with van der Waals surface area (Å²) in [6.45, 7) is 1.84. The van der Waals surface area contributed by atoms with Crippen LogP contribution in [0.5, 0.6) is 11.5 Å². The molecule has 0 saturated carbocycles. The first-order chi connectivity index (χ1) is 11.9. The lowest BCUT2D eigenvalue weighted by Crippen LogP contribution is -2.20. The molecule has 0 atom stereocenters. The van der Waals surface area contributed by atoms with Gasteiger partial charge in [0.05, 0.1) is 22.1 Å². The Balaban J connectivity index is 2.05. The van der Waals surface area contributed by atoms with E-state index in [1.807, 2.05) is 0 Å². The van der Waals surface area contributed by atoms with Crippen molar-refractivity contribution >= 4 is 44.8 Å². The molecular formula is C16H14BrClN2O5. The average Bonchev–Trinajstić information content (AvgIpc) is 2.55. The van der Waals surface area contributed by atoms with Crippen molar-refractivity contribution in [3.8, 4) is 11.5 Å². The number of benzene rings is 2. The first kappa shape index (κ1) is 19.0. The zero-order chi connectivity index (χ0) is 18.4. The molecule has 7 nitrogen and oxygen atoms in total. The third-order valence-corrected chi connectivity index (χ3v) is 3.86. The summed E-state index contributed by atoms with van der Waals surface area (Å²) in [5.41, 5.74) is -0.191. The number of rotatable bonds is 7. The summed E-state index contributed by atoms with van der Waals surface area (Å²) < 4.78 is 11.2. The van der Waals surface area contributed by atoms with Crippen LogP contribution >= 0.6 is 27.5 Å². The molecule has 2 rings (SSSR count). The van der Waals surface area contributed by atoms with Gasteiger partial charge in [-0.05, 0) is 53.2 Å². The van der Waals surface area contributed by atoms with E-state index in [1.54, 1.807) is 31.2 Å². The third kappa shape index (κ3) is 5.33. The molecule has 0 bridgehead atoms. The lowest BCUT2D eigenvalue weighted by Gasteiger charge is -2.10. The van der Waals surface area contributed by atoms with Gasteiger partial charge in [-0.3, -0.25) is 14.9 Å². The number of anilines is 1. The molecule has 0 aliphatic rings. The molecular weight excluding hydrogens is 416 g/mol. The highest BCUT2D eigenvalue weighted by atomic mass is 79.9. The van der Waals surface area contributed by atoms with E-state index in [0.29, 0.717) is 27.6 Å². The van der Waals surface area contributed by atoms with Gasteiger partial charge in [0.1, 0.15) is 17.2 Å². The standard InChI is InChI=1S/C16H14BrClN2O5/c1-2-24-11-4-5-13(14(8-11)20(22)23)19-16(21)9-25-15-6-3-10(18)7-12(15)17/h3-8H,2,9H2,1H3,(H,19,21). The van der Waals surface area contributed by atoms with Crippen molar-refractivity contribution in [3.63, 3.8) is 0 Å². The van der Waals surface area contributed by atoms with Crippen LogP contribution in [0.25, 0.3) is 0 Å². The van der Waals surface area contributed by atoms with Crippen LogP contribution in [0, 0.1) is 10.1 Å². The second kappa shape index (κ2) is 8.68. The minimum absolute atomic E-state index is 0.0669. The number of nitrogens with one attached hydrogen (secondary N) is 1. The number of amides is 1. The first-order valence-electron chi connectivity index (χ1n) is 7.19. The Morgan fingerprint density at radius 3 is 2.68 bits per heavy atom. The summed E-state index contributed by atoms with van der Waals surface area (Å²) in [6, 6.07) is 9.08. The number of hydrogen-bond acceptors (Lipinski definition) is 5. The number of nitro groups is 1. The Morgan fingerprint density at radius 2 is 2.04 bits per heavy atom. The largest absolute Gasteiger partial charge is 0.494 e. The van der Waals surface area contributed by atoms with Crippen molar-refractivity contribution in [2.24, 2.45) is 0 Å². The van der Waals surface area contributed by atoms with E-state index in [-0.39, 0.29) is 18.0 Å². The number of nitro benzene ring substituents is 1. The van der Waals surface area contributed by atoms with Crippen LogP contribution in [0.3, 0.4) is 0 Å². The molecule has 2 aromatic carbocycles. The zero-order valence-electron chi connectivity index (χ0n) is 13.1. The van der Waals surface area contributed by atoms with Crippen LogP contribution in [0.2, 0.25) is 5.02 Å². The Labute approximate surface area is 157 Å². The number of halogens is 2. The van der Waals surface area contributed by atoms with Gasteiger partial charge in [0.25, 0.3) is 11.6 Å². The maximum Gasteiger partial charge on any atom is 0.296 e. The van der Waals surface area contributed by atoms with Crippen molar-refractivity contribution < 1.29 is 19.2 Å². The van der Waals surface area contributed by atoms with Crippen LogP contribution in [0.4, 0.5) is 11.4 Å². The summed E-state index contributed by atoms with van der Waals surface area (Å²) >= 11 is 9.10. The molecule has 1 amide bonds.